The predicted molar refractivity (Wildman–Crippen MR) is 263 cm³/mol. The summed E-state index contributed by atoms with van der Waals surface area (Å²) in [4.78, 5) is 0. The highest BCUT2D eigenvalue weighted by Crippen LogP contribution is 2.52. The fourth-order valence-electron chi connectivity index (χ4n) is 10.4. The van der Waals surface area contributed by atoms with Crippen LogP contribution in [0.2, 0.25) is 0 Å². The van der Waals surface area contributed by atoms with Gasteiger partial charge in [-0.1, -0.05) is 164 Å². The zero-order valence-electron chi connectivity index (χ0n) is 33.9. The predicted octanol–water partition coefficient (Wildman–Crippen LogP) is 17.5. The molecule has 0 saturated heterocycles. The second-order valence-electron chi connectivity index (χ2n) is 16.7. The van der Waals surface area contributed by atoms with Crippen LogP contribution in [0.3, 0.4) is 0 Å². The molecule has 0 atom stereocenters. The van der Waals surface area contributed by atoms with Crippen LogP contribution >= 0.6 is 0 Å². The normalized spacial score (nSPS) is 12.1. The van der Waals surface area contributed by atoms with Gasteiger partial charge in [0.25, 0.3) is 0 Å². The van der Waals surface area contributed by atoms with Crippen molar-refractivity contribution in [2.45, 2.75) is 0 Å². The molecule has 3 aromatic heterocycles. The van der Waals surface area contributed by atoms with Crippen molar-refractivity contribution in [2.24, 2.45) is 0 Å². The molecule has 0 unspecified atom stereocenters. The third kappa shape index (κ3) is 5.02. The van der Waals surface area contributed by atoms with Crippen molar-refractivity contribution >= 4 is 97.9 Å². The summed E-state index contributed by atoms with van der Waals surface area (Å²) in [6, 6.07) is 73.6. The van der Waals surface area contributed by atoms with Gasteiger partial charge in [-0.05, 0) is 102 Å². The average molecular weight is 803 g/mol. The van der Waals surface area contributed by atoms with E-state index in [1.54, 1.807) is 0 Å². The third-order valence-electron chi connectivity index (χ3n) is 13.2. The fraction of sp³-hybridized carbons (Fsp3) is 0. The van der Waals surface area contributed by atoms with Gasteiger partial charge >= 0.3 is 0 Å². The Morgan fingerprint density at radius 1 is 0.254 bits per heavy atom. The van der Waals surface area contributed by atoms with Crippen molar-refractivity contribution in [2.75, 3.05) is 0 Å². The topological polar surface area (TPSA) is 39.4 Å². The first kappa shape index (κ1) is 34.3. The molecule has 11 aromatic carbocycles. The summed E-state index contributed by atoms with van der Waals surface area (Å²) in [5.74, 6) is 0.839. The molecule has 3 heterocycles. The van der Waals surface area contributed by atoms with Gasteiger partial charge < -0.3 is 13.3 Å². The number of rotatable bonds is 4. The average Bonchev–Trinajstić information content (AvgIpc) is 4.03. The first-order valence-corrected chi connectivity index (χ1v) is 21.5. The molecule has 3 nitrogen and oxygen atoms in total. The molecule has 0 aliphatic rings. The van der Waals surface area contributed by atoms with Crippen molar-refractivity contribution in [1.29, 1.82) is 0 Å². The lowest BCUT2D eigenvalue weighted by atomic mass is 9.84. The van der Waals surface area contributed by atoms with Crippen molar-refractivity contribution < 1.29 is 13.3 Å². The van der Waals surface area contributed by atoms with E-state index in [0.29, 0.717) is 0 Å². The van der Waals surface area contributed by atoms with Crippen LogP contribution in [-0.4, -0.2) is 0 Å². The third-order valence-corrected chi connectivity index (χ3v) is 13.2. The molecule has 0 bridgehead atoms. The molecule has 0 fully saturated rings. The molecular formula is C60H34O3. The summed E-state index contributed by atoms with van der Waals surface area (Å²) in [5.41, 5.74) is 11.9. The summed E-state index contributed by atoms with van der Waals surface area (Å²) in [6.07, 6.45) is 0. The number of fused-ring (bicyclic) bond motifs is 12. The molecule has 0 aliphatic carbocycles. The van der Waals surface area contributed by atoms with Gasteiger partial charge in [0.2, 0.25) is 0 Å². The largest absolute Gasteiger partial charge is 0.456 e. The van der Waals surface area contributed by atoms with E-state index in [0.717, 1.165) is 116 Å². The van der Waals surface area contributed by atoms with Crippen molar-refractivity contribution in [3.05, 3.63) is 206 Å². The summed E-state index contributed by atoms with van der Waals surface area (Å²) in [5, 5.41) is 14.7. The lowest BCUT2D eigenvalue weighted by molar-refractivity contribution is 0.632. The Bertz CT molecular complexity index is 4140. The van der Waals surface area contributed by atoms with Gasteiger partial charge in [-0.15, -0.1) is 0 Å². The molecule has 14 rings (SSSR count). The van der Waals surface area contributed by atoms with Crippen LogP contribution in [0.1, 0.15) is 0 Å². The molecule has 14 aromatic rings. The first-order valence-electron chi connectivity index (χ1n) is 21.5. The Labute approximate surface area is 360 Å². The van der Waals surface area contributed by atoms with E-state index in [-0.39, 0.29) is 0 Å². The van der Waals surface area contributed by atoms with E-state index < -0.39 is 0 Å². The number of hydrogen-bond donors (Lipinski definition) is 0. The Morgan fingerprint density at radius 2 is 0.825 bits per heavy atom. The summed E-state index contributed by atoms with van der Waals surface area (Å²) < 4.78 is 20.8. The maximum Gasteiger partial charge on any atom is 0.144 e. The van der Waals surface area contributed by atoms with Crippen LogP contribution in [0.15, 0.2) is 220 Å². The van der Waals surface area contributed by atoms with E-state index in [9.17, 15) is 0 Å². The van der Waals surface area contributed by atoms with Crippen LogP contribution < -0.4 is 0 Å². The highest BCUT2D eigenvalue weighted by atomic mass is 16.3. The molecule has 0 radical (unpaired) electrons. The first-order chi connectivity index (χ1) is 31.2. The monoisotopic (exact) mass is 802 g/mol. The minimum absolute atomic E-state index is 0.813. The molecule has 3 heteroatoms. The molecule has 0 spiro atoms. The maximum absolute atomic E-state index is 7.24. The van der Waals surface area contributed by atoms with Crippen LogP contribution in [-0.2, 0) is 0 Å². The summed E-state index contributed by atoms with van der Waals surface area (Å²) >= 11 is 0. The Hall–Kier alpha value is -8.40. The SMILES string of the molecule is c1ccc(-c2c(-c3ccc4ccccc4c3)oc3cc(-c4c5ccccc5c(-c5ccc6oc7cc8ccccc8cc7c6c5)c5ccccc45)c4oc5ccccc5c4c23)cc1. The van der Waals surface area contributed by atoms with Crippen LogP contribution in [0.25, 0.3) is 143 Å². The standard InChI is InChI=1S/C60H34O3/c1-2-15-36(16-3-1)55-58-53(63-59(55)41-27-26-35-14-4-5-17-37(35)30-41)34-49(60-57(58)46-24-12-13-25-50(46)62-60)56-44-22-10-8-20-42(44)54(43-21-9-11-23-45(43)56)40-28-29-51-47(32-40)48-31-38-18-6-7-19-39(38)33-52(48)61-51/h1-34H. The van der Waals surface area contributed by atoms with Gasteiger partial charge in [-0.25, -0.2) is 0 Å². The number of hydrogen-bond acceptors (Lipinski definition) is 3. The van der Waals surface area contributed by atoms with Crippen molar-refractivity contribution in [3.8, 4) is 44.7 Å². The minimum atomic E-state index is 0.813. The lowest BCUT2D eigenvalue weighted by Gasteiger charge is -2.18. The van der Waals surface area contributed by atoms with E-state index in [2.05, 4.69) is 206 Å². The number of benzene rings is 11. The van der Waals surface area contributed by atoms with Gasteiger partial charge in [0, 0.05) is 49.2 Å². The van der Waals surface area contributed by atoms with E-state index in [1.165, 1.54) is 27.1 Å². The smallest absolute Gasteiger partial charge is 0.144 e. The Kier molecular flexibility index (Phi) is 7.11. The highest BCUT2D eigenvalue weighted by Gasteiger charge is 2.27. The fourth-order valence-corrected chi connectivity index (χ4v) is 10.4. The molecule has 0 aliphatic heterocycles. The maximum atomic E-state index is 7.24. The van der Waals surface area contributed by atoms with Gasteiger partial charge in [0.1, 0.15) is 33.7 Å². The molecule has 292 valence electrons. The molecule has 0 saturated carbocycles. The molecule has 63 heavy (non-hydrogen) atoms. The van der Waals surface area contributed by atoms with Gasteiger partial charge in [0.05, 0.1) is 0 Å². The van der Waals surface area contributed by atoms with Crippen LogP contribution in [0.4, 0.5) is 0 Å². The highest BCUT2D eigenvalue weighted by molar-refractivity contribution is 6.30. The van der Waals surface area contributed by atoms with Crippen molar-refractivity contribution in [1.82, 2.24) is 0 Å². The van der Waals surface area contributed by atoms with Crippen LogP contribution in [0.5, 0.6) is 0 Å². The Morgan fingerprint density at radius 3 is 1.57 bits per heavy atom. The van der Waals surface area contributed by atoms with Gasteiger partial charge in [0.15, 0.2) is 0 Å². The van der Waals surface area contributed by atoms with Crippen LogP contribution in [0, 0.1) is 0 Å². The summed E-state index contributed by atoms with van der Waals surface area (Å²) in [6.45, 7) is 0. The van der Waals surface area contributed by atoms with E-state index in [1.807, 2.05) is 0 Å². The second-order valence-corrected chi connectivity index (χ2v) is 16.7. The summed E-state index contributed by atoms with van der Waals surface area (Å²) in [7, 11) is 0. The van der Waals surface area contributed by atoms with E-state index in [4.69, 9.17) is 13.3 Å². The molecule has 0 amide bonds. The Balaban J connectivity index is 1.09. The van der Waals surface area contributed by atoms with Gasteiger partial charge in [-0.2, -0.15) is 0 Å². The zero-order chi connectivity index (χ0) is 41.2. The minimum Gasteiger partial charge on any atom is -0.456 e. The zero-order valence-corrected chi connectivity index (χ0v) is 33.9. The van der Waals surface area contributed by atoms with Crippen molar-refractivity contribution in [3.63, 3.8) is 0 Å². The molecular weight excluding hydrogens is 769 g/mol. The molecule has 0 N–H and O–H groups in total. The quantitative estimate of drug-likeness (QED) is 0.166. The second kappa shape index (κ2) is 13.1. The van der Waals surface area contributed by atoms with Gasteiger partial charge in [-0.3, -0.25) is 0 Å². The van der Waals surface area contributed by atoms with E-state index >= 15 is 0 Å². The number of furan rings is 3. The number of para-hydroxylation sites is 1. The lowest BCUT2D eigenvalue weighted by Crippen LogP contribution is -1.91.